The number of amides is 1. The van der Waals surface area contributed by atoms with Gasteiger partial charge in [-0.15, -0.1) is 0 Å². The molecule has 0 spiro atoms. The number of nitrogens with zero attached hydrogens (tertiary/aromatic N) is 2. The third-order valence-electron chi connectivity index (χ3n) is 6.14. The molecule has 2 saturated heterocycles. The average molecular weight is 294 g/mol. The number of primary amides is 1. The lowest BCUT2D eigenvalue weighted by Crippen LogP contribution is -2.61. The second kappa shape index (κ2) is 5.86. The summed E-state index contributed by atoms with van der Waals surface area (Å²) in [6, 6.07) is 1.82. The molecule has 1 aliphatic carbocycles. The van der Waals surface area contributed by atoms with Crippen molar-refractivity contribution < 1.29 is 4.79 Å². The summed E-state index contributed by atoms with van der Waals surface area (Å²) in [5.41, 5.74) is 5.17. The van der Waals surface area contributed by atoms with Gasteiger partial charge in [0.15, 0.2) is 0 Å². The predicted molar refractivity (Wildman–Crippen MR) is 84.0 cm³/mol. The number of piperazine rings is 1. The van der Waals surface area contributed by atoms with Crippen LogP contribution in [0, 0.1) is 0 Å². The largest absolute Gasteiger partial charge is 0.368 e. The van der Waals surface area contributed by atoms with E-state index < -0.39 is 5.54 Å². The Morgan fingerprint density at radius 3 is 2.71 bits per heavy atom. The minimum absolute atomic E-state index is 0.184. The minimum atomic E-state index is -0.478. The highest BCUT2D eigenvalue weighted by Crippen LogP contribution is 2.36. The molecule has 120 valence electrons. The van der Waals surface area contributed by atoms with Gasteiger partial charge in [-0.3, -0.25) is 14.6 Å². The van der Waals surface area contributed by atoms with Crippen molar-refractivity contribution in [3.8, 4) is 0 Å². The lowest BCUT2D eigenvalue weighted by molar-refractivity contribution is -0.124. The number of nitrogens with two attached hydrogens (primary N) is 1. The summed E-state index contributed by atoms with van der Waals surface area (Å²) in [6.07, 6.45) is 6.90. The van der Waals surface area contributed by atoms with Gasteiger partial charge in [0, 0.05) is 31.2 Å². The van der Waals surface area contributed by atoms with Gasteiger partial charge >= 0.3 is 0 Å². The number of piperidine rings is 1. The van der Waals surface area contributed by atoms with Crippen LogP contribution in [0.25, 0.3) is 0 Å². The topological polar surface area (TPSA) is 61.6 Å². The molecule has 0 radical (unpaired) electrons. The molecule has 2 aliphatic heterocycles. The first-order valence-corrected chi connectivity index (χ1v) is 8.54. The summed E-state index contributed by atoms with van der Waals surface area (Å²) >= 11 is 0. The molecule has 4 atom stereocenters. The summed E-state index contributed by atoms with van der Waals surface area (Å²) in [5, 5.41) is 3.21. The van der Waals surface area contributed by atoms with Gasteiger partial charge < -0.3 is 11.1 Å². The molecule has 0 aromatic heterocycles. The molecule has 2 heterocycles. The van der Waals surface area contributed by atoms with Crippen molar-refractivity contribution in [1.82, 2.24) is 15.1 Å². The lowest BCUT2D eigenvalue weighted by Gasteiger charge is -2.49. The third kappa shape index (κ3) is 2.71. The van der Waals surface area contributed by atoms with Gasteiger partial charge in [-0.2, -0.15) is 0 Å². The highest BCUT2D eigenvalue weighted by Gasteiger charge is 2.47. The van der Waals surface area contributed by atoms with Gasteiger partial charge in [-0.25, -0.2) is 0 Å². The quantitative estimate of drug-likeness (QED) is 0.797. The Morgan fingerprint density at radius 1 is 1.24 bits per heavy atom. The van der Waals surface area contributed by atoms with Crippen LogP contribution in [0.15, 0.2) is 0 Å². The van der Waals surface area contributed by atoms with Crippen LogP contribution in [0.2, 0.25) is 0 Å². The van der Waals surface area contributed by atoms with E-state index in [1.54, 1.807) is 0 Å². The fraction of sp³-hybridized carbons (Fsp3) is 0.938. The predicted octanol–water partition coefficient (Wildman–Crippen LogP) is 0.541. The molecule has 3 rings (SSSR count). The number of fused-ring (bicyclic) bond motifs is 1. The molecule has 21 heavy (non-hydrogen) atoms. The molecule has 4 unspecified atom stereocenters. The normalized spacial score (nSPS) is 41.9. The van der Waals surface area contributed by atoms with E-state index in [9.17, 15) is 4.79 Å². The van der Waals surface area contributed by atoms with Crippen LogP contribution in [0.4, 0.5) is 0 Å². The van der Waals surface area contributed by atoms with Gasteiger partial charge in [-0.1, -0.05) is 6.42 Å². The Balaban J connectivity index is 1.68. The van der Waals surface area contributed by atoms with Crippen LogP contribution >= 0.6 is 0 Å². The van der Waals surface area contributed by atoms with Crippen LogP contribution in [0.1, 0.15) is 45.4 Å². The van der Waals surface area contributed by atoms with Crippen molar-refractivity contribution in [3.63, 3.8) is 0 Å². The van der Waals surface area contributed by atoms with E-state index in [4.69, 9.17) is 5.73 Å². The number of nitrogens with one attached hydrogen (secondary N) is 1. The summed E-state index contributed by atoms with van der Waals surface area (Å²) < 4.78 is 0. The molecule has 1 saturated carbocycles. The monoisotopic (exact) mass is 294 g/mol. The molecular weight excluding hydrogens is 264 g/mol. The zero-order chi connectivity index (χ0) is 15.0. The minimum Gasteiger partial charge on any atom is -0.368 e. The summed E-state index contributed by atoms with van der Waals surface area (Å²) in [4.78, 5) is 17.2. The zero-order valence-corrected chi connectivity index (χ0v) is 13.5. The summed E-state index contributed by atoms with van der Waals surface area (Å²) in [5.74, 6) is -0.184. The van der Waals surface area contributed by atoms with E-state index in [2.05, 4.69) is 22.0 Å². The van der Waals surface area contributed by atoms with Crippen molar-refractivity contribution in [3.05, 3.63) is 0 Å². The maximum Gasteiger partial charge on any atom is 0.237 e. The molecule has 0 bridgehead atoms. The first-order valence-electron chi connectivity index (χ1n) is 8.54. The van der Waals surface area contributed by atoms with Crippen molar-refractivity contribution in [2.24, 2.45) is 5.73 Å². The van der Waals surface area contributed by atoms with Crippen LogP contribution in [0.3, 0.4) is 0 Å². The highest BCUT2D eigenvalue weighted by molar-refractivity contribution is 5.85. The van der Waals surface area contributed by atoms with Crippen molar-refractivity contribution >= 4 is 5.91 Å². The van der Waals surface area contributed by atoms with Gasteiger partial charge in [0.25, 0.3) is 0 Å². The summed E-state index contributed by atoms with van der Waals surface area (Å²) in [7, 11) is 1.87. The van der Waals surface area contributed by atoms with Crippen molar-refractivity contribution in [2.45, 2.75) is 69.1 Å². The maximum atomic E-state index is 11.8. The number of hydrogen-bond donors (Lipinski definition) is 2. The van der Waals surface area contributed by atoms with Crippen LogP contribution in [-0.2, 0) is 4.79 Å². The number of hydrogen-bond acceptors (Lipinski definition) is 4. The Bertz CT molecular complexity index is 402. The Morgan fingerprint density at radius 2 is 2.05 bits per heavy atom. The third-order valence-corrected chi connectivity index (χ3v) is 6.14. The molecule has 5 heteroatoms. The first-order chi connectivity index (χ1) is 10.1. The zero-order valence-electron chi connectivity index (χ0n) is 13.5. The van der Waals surface area contributed by atoms with Gasteiger partial charge in [0.05, 0.1) is 5.54 Å². The standard InChI is InChI=1S/C16H30N4O/c1-12-10-19-8-4-3-5-14(19)11-20(12)13-6-7-16(9-13,18-2)15(17)21/h12-14,18H,3-11H2,1-2H3,(H2,17,21). The van der Waals surface area contributed by atoms with Crippen molar-refractivity contribution in [1.29, 1.82) is 0 Å². The van der Waals surface area contributed by atoms with Crippen LogP contribution < -0.4 is 11.1 Å². The van der Waals surface area contributed by atoms with E-state index in [1.807, 2.05) is 7.05 Å². The summed E-state index contributed by atoms with van der Waals surface area (Å²) in [6.45, 7) is 5.97. The first kappa shape index (κ1) is 15.3. The number of carbonyl (C=O) groups excluding carboxylic acids is 1. The molecule has 0 aromatic carbocycles. The maximum absolute atomic E-state index is 11.8. The van der Waals surface area contributed by atoms with E-state index >= 15 is 0 Å². The second-order valence-electron chi connectivity index (χ2n) is 7.28. The average Bonchev–Trinajstić information content (AvgIpc) is 2.92. The molecule has 3 fully saturated rings. The fourth-order valence-electron chi connectivity index (χ4n) is 4.76. The Hall–Kier alpha value is -0.650. The molecule has 3 N–H and O–H groups in total. The number of rotatable bonds is 3. The Kier molecular flexibility index (Phi) is 4.26. The second-order valence-corrected chi connectivity index (χ2v) is 7.28. The van der Waals surface area contributed by atoms with Gasteiger partial charge in [0.2, 0.25) is 5.91 Å². The fourth-order valence-corrected chi connectivity index (χ4v) is 4.76. The van der Waals surface area contributed by atoms with Gasteiger partial charge in [-0.05, 0) is 52.6 Å². The lowest BCUT2D eigenvalue weighted by atomic mass is 9.94. The Labute approximate surface area is 128 Å². The van der Waals surface area contributed by atoms with E-state index in [0.29, 0.717) is 12.1 Å². The van der Waals surface area contributed by atoms with Crippen molar-refractivity contribution in [2.75, 3.05) is 26.7 Å². The number of likely N-dealkylation sites (N-methyl/N-ethyl adjacent to an activating group) is 1. The van der Waals surface area contributed by atoms with E-state index in [1.165, 1.54) is 38.9 Å². The molecule has 3 aliphatic rings. The molecule has 1 amide bonds. The molecule has 5 nitrogen and oxygen atoms in total. The molecule has 0 aromatic rings. The smallest absolute Gasteiger partial charge is 0.237 e. The SMILES string of the molecule is CNC1(C(N)=O)CCC(N2CC3CCCCN3CC2C)C1. The van der Waals surface area contributed by atoms with Crippen LogP contribution in [-0.4, -0.2) is 66.1 Å². The number of carbonyl (C=O) groups is 1. The van der Waals surface area contributed by atoms with E-state index in [-0.39, 0.29) is 5.91 Å². The highest BCUT2D eigenvalue weighted by atomic mass is 16.1. The molecular formula is C16H30N4O. The van der Waals surface area contributed by atoms with Gasteiger partial charge in [0.1, 0.15) is 0 Å². The van der Waals surface area contributed by atoms with E-state index in [0.717, 1.165) is 25.3 Å². The van der Waals surface area contributed by atoms with Crippen LogP contribution in [0.5, 0.6) is 0 Å².